The quantitative estimate of drug-likeness (QED) is 0.815. The minimum absolute atomic E-state index is 0.0258. The van der Waals surface area contributed by atoms with Crippen molar-refractivity contribution in [2.75, 3.05) is 11.9 Å². The molecule has 0 spiro atoms. The molecule has 1 amide bonds. The molecule has 1 aromatic rings. The fourth-order valence-electron chi connectivity index (χ4n) is 2.65. The number of hydrogen-bond acceptors (Lipinski definition) is 1. The molecule has 1 N–H and O–H groups in total. The van der Waals surface area contributed by atoms with Gasteiger partial charge in [0.05, 0.1) is 0 Å². The van der Waals surface area contributed by atoms with E-state index < -0.39 is 0 Å². The van der Waals surface area contributed by atoms with E-state index in [1.807, 2.05) is 19.1 Å². The van der Waals surface area contributed by atoms with E-state index in [2.05, 4.69) is 21.2 Å². The fraction of sp³-hybridized carbons (Fsp3) is 0.533. The van der Waals surface area contributed by atoms with Crippen LogP contribution in [0.3, 0.4) is 0 Å². The first kappa shape index (κ1) is 14.9. The third-order valence-electron chi connectivity index (χ3n) is 3.97. The average molecular weight is 345 g/mol. The Labute approximate surface area is 128 Å². The predicted octanol–water partition coefficient (Wildman–Crippen LogP) is 4.19. The highest BCUT2D eigenvalue weighted by atomic mass is 79.9. The van der Waals surface area contributed by atoms with Crippen LogP contribution in [0, 0.1) is 18.8 Å². The second-order valence-electron chi connectivity index (χ2n) is 5.28. The Hall–Kier alpha value is -0.540. The minimum atomic E-state index is -0.0258. The number of hydrogen-bond donors (Lipinski definition) is 1. The van der Waals surface area contributed by atoms with E-state index in [0.717, 1.165) is 17.4 Å². The number of aryl methyl sites for hydroxylation is 1. The zero-order chi connectivity index (χ0) is 13.8. The summed E-state index contributed by atoms with van der Waals surface area (Å²) in [5.41, 5.74) is 1.64. The zero-order valence-electron chi connectivity index (χ0n) is 11.1. The van der Waals surface area contributed by atoms with Crippen molar-refractivity contribution in [3.8, 4) is 0 Å². The lowest BCUT2D eigenvalue weighted by Crippen LogP contribution is -2.31. The Morgan fingerprint density at radius 2 is 2.16 bits per heavy atom. The molecule has 4 heteroatoms. The minimum Gasteiger partial charge on any atom is -0.352 e. The van der Waals surface area contributed by atoms with E-state index in [1.165, 1.54) is 19.3 Å². The van der Waals surface area contributed by atoms with Crippen molar-refractivity contribution in [2.24, 2.45) is 11.8 Å². The Morgan fingerprint density at radius 1 is 1.42 bits per heavy atom. The third-order valence-corrected chi connectivity index (χ3v) is 5.21. The average Bonchev–Trinajstić information content (AvgIpc) is 2.86. The Balaban J connectivity index is 1.92. The molecule has 1 aromatic carbocycles. The summed E-state index contributed by atoms with van der Waals surface area (Å²) in [5, 5.41) is 4.71. The summed E-state index contributed by atoms with van der Waals surface area (Å²) in [4.78, 5) is 12.1. The van der Waals surface area contributed by atoms with Gasteiger partial charge in [-0.25, -0.2) is 0 Å². The normalized spacial score (nSPS) is 22.5. The van der Waals surface area contributed by atoms with E-state index in [1.54, 1.807) is 6.07 Å². The van der Waals surface area contributed by atoms with E-state index in [0.29, 0.717) is 22.4 Å². The van der Waals surface area contributed by atoms with Crippen LogP contribution in [0.25, 0.3) is 0 Å². The van der Waals surface area contributed by atoms with Crippen LogP contribution in [0.5, 0.6) is 0 Å². The van der Waals surface area contributed by atoms with Gasteiger partial charge in [0, 0.05) is 22.5 Å². The molecule has 2 unspecified atom stereocenters. The van der Waals surface area contributed by atoms with Crippen LogP contribution in [0.4, 0.5) is 0 Å². The number of nitrogens with one attached hydrogen (secondary N) is 1. The molecule has 1 aliphatic rings. The molecule has 19 heavy (non-hydrogen) atoms. The summed E-state index contributed by atoms with van der Waals surface area (Å²) in [6.45, 7) is 2.70. The predicted molar refractivity (Wildman–Crippen MR) is 83.1 cm³/mol. The van der Waals surface area contributed by atoms with Gasteiger partial charge in [-0.15, -0.1) is 0 Å². The van der Waals surface area contributed by atoms with Crippen molar-refractivity contribution in [1.29, 1.82) is 0 Å². The summed E-state index contributed by atoms with van der Waals surface area (Å²) in [6.07, 6.45) is 3.75. The summed E-state index contributed by atoms with van der Waals surface area (Å²) in [6, 6.07) is 5.45. The lowest BCUT2D eigenvalue weighted by Gasteiger charge is -2.17. The van der Waals surface area contributed by atoms with Crippen LogP contribution in [-0.2, 0) is 0 Å². The van der Waals surface area contributed by atoms with Crippen molar-refractivity contribution in [3.63, 3.8) is 0 Å². The van der Waals surface area contributed by atoms with Crippen LogP contribution >= 0.6 is 27.5 Å². The fourth-order valence-corrected chi connectivity index (χ4v) is 3.68. The van der Waals surface area contributed by atoms with Gasteiger partial charge >= 0.3 is 0 Å². The van der Waals surface area contributed by atoms with Gasteiger partial charge in [0.15, 0.2) is 0 Å². The molecule has 104 valence electrons. The van der Waals surface area contributed by atoms with Crippen LogP contribution in [0.1, 0.15) is 35.2 Å². The third kappa shape index (κ3) is 3.73. The molecule has 2 nitrogen and oxygen atoms in total. The molecule has 0 bridgehead atoms. The second kappa shape index (κ2) is 6.76. The van der Waals surface area contributed by atoms with Gasteiger partial charge in [-0.2, -0.15) is 0 Å². The van der Waals surface area contributed by atoms with E-state index >= 15 is 0 Å². The lowest BCUT2D eigenvalue weighted by molar-refractivity contribution is 0.0945. The van der Waals surface area contributed by atoms with Crippen molar-refractivity contribution in [3.05, 3.63) is 34.3 Å². The SMILES string of the molecule is Cc1ccc(C(=O)NCC2CCCC2CBr)cc1Cl. The van der Waals surface area contributed by atoms with E-state index in [9.17, 15) is 4.79 Å². The van der Waals surface area contributed by atoms with Gasteiger partial charge in [-0.05, 0) is 49.3 Å². The largest absolute Gasteiger partial charge is 0.352 e. The first-order chi connectivity index (χ1) is 9.11. The smallest absolute Gasteiger partial charge is 0.251 e. The van der Waals surface area contributed by atoms with Gasteiger partial charge in [-0.3, -0.25) is 4.79 Å². The molecule has 1 aliphatic carbocycles. The first-order valence-electron chi connectivity index (χ1n) is 6.72. The standard InChI is InChI=1S/C15H19BrClNO/c1-10-5-6-11(7-14(10)17)15(19)18-9-13-4-2-3-12(13)8-16/h5-7,12-13H,2-4,8-9H2,1H3,(H,18,19). The van der Waals surface area contributed by atoms with Crippen LogP contribution in [-0.4, -0.2) is 17.8 Å². The molecule has 1 saturated carbocycles. The van der Waals surface area contributed by atoms with Gasteiger partial charge in [0.2, 0.25) is 0 Å². The maximum absolute atomic E-state index is 12.1. The van der Waals surface area contributed by atoms with E-state index in [4.69, 9.17) is 11.6 Å². The molecule has 1 fully saturated rings. The number of alkyl halides is 1. The number of amides is 1. The number of benzene rings is 1. The van der Waals surface area contributed by atoms with Gasteiger partial charge < -0.3 is 5.32 Å². The highest BCUT2D eigenvalue weighted by Crippen LogP contribution is 2.32. The molecule has 2 atom stereocenters. The molecular weight excluding hydrogens is 326 g/mol. The van der Waals surface area contributed by atoms with Crippen molar-refractivity contribution >= 4 is 33.4 Å². The summed E-state index contributed by atoms with van der Waals surface area (Å²) in [5.74, 6) is 1.27. The molecule has 0 aliphatic heterocycles. The zero-order valence-corrected chi connectivity index (χ0v) is 13.4. The Bertz CT molecular complexity index is 463. The maximum Gasteiger partial charge on any atom is 0.251 e. The highest BCUT2D eigenvalue weighted by Gasteiger charge is 2.26. The van der Waals surface area contributed by atoms with Crippen LogP contribution in [0.15, 0.2) is 18.2 Å². The highest BCUT2D eigenvalue weighted by molar-refractivity contribution is 9.09. The van der Waals surface area contributed by atoms with Crippen LogP contribution < -0.4 is 5.32 Å². The molecule has 0 aromatic heterocycles. The maximum atomic E-state index is 12.1. The number of halogens is 2. The summed E-state index contributed by atoms with van der Waals surface area (Å²) in [7, 11) is 0. The molecule has 0 radical (unpaired) electrons. The molecule has 0 saturated heterocycles. The van der Waals surface area contributed by atoms with Crippen molar-refractivity contribution in [1.82, 2.24) is 5.32 Å². The van der Waals surface area contributed by atoms with Crippen molar-refractivity contribution in [2.45, 2.75) is 26.2 Å². The molecule has 2 rings (SSSR count). The monoisotopic (exact) mass is 343 g/mol. The van der Waals surface area contributed by atoms with Gasteiger partial charge in [0.1, 0.15) is 0 Å². The number of rotatable bonds is 4. The first-order valence-corrected chi connectivity index (χ1v) is 8.22. The second-order valence-corrected chi connectivity index (χ2v) is 6.33. The topological polar surface area (TPSA) is 29.1 Å². The van der Waals surface area contributed by atoms with E-state index in [-0.39, 0.29) is 5.91 Å². The van der Waals surface area contributed by atoms with Gasteiger partial charge in [0.25, 0.3) is 5.91 Å². The Morgan fingerprint density at radius 3 is 2.84 bits per heavy atom. The number of carbonyl (C=O) groups excluding carboxylic acids is 1. The Kier molecular flexibility index (Phi) is 5.28. The lowest BCUT2D eigenvalue weighted by atomic mass is 9.98. The van der Waals surface area contributed by atoms with Gasteiger partial charge in [-0.1, -0.05) is 40.0 Å². The summed E-state index contributed by atoms with van der Waals surface area (Å²) >= 11 is 9.60. The van der Waals surface area contributed by atoms with Crippen LogP contribution in [0.2, 0.25) is 5.02 Å². The summed E-state index contributed by atoms with van der Waals surface area (Å²) < 4.78 is 0. The number of carbonyl (C=O) groups is 1. The van der Waals surface area contributed by atoms with Crippen molar-refractivity contribution < 1.29 is 4.79 Å². The molecular formula is C15H19BrClNO. The molecule has 0 heterocycles.